The van der Waals surface area contributed by atoms with Gasteiger partial charge in [0, 0.05) is 0 Å². The monoisotopic (exact) mass is 492 g/mol. The van der Waals surface area contributed by atoms with E-state index in [-0.39, 0.29) is 0 Å². The molecule has 0 atom stereocenters. The van der Waals surface area contributed by atoms with E-state index < -0.39 is 31.3 Å². The summed E-state index contributed by atoms with van der Waals surface area (Å²) in [6.45, 7) is 10.1. The van der Waals surface area contributed by atoms with Gasteiger partial charge in [0.15, 0.2) is 0 Å². The number of azo groups is 1. The van der Waals surface area contributed by atoms with Crippen molar-refractivity contribution in [1.29, 1.82) is 0 Å². The van der Waals surface area contributed by atoms with Gasteiger partial charge < -0.3 is 9.47 Å². The van der Waals surface area contributed by atoms with Crippen molar-refractivity contribution in [2.45, 2.75) is 52.7 Å². The number of ether oxygens (including phenoxy) is 2. The first-order chi connectivity index (χ1) is 16.4. The number of nitrogens with zero attached hydrogens (tertiary/aromatic N) is 2. The van der Waals surface area contributed by atoms with Crippen LogP contribution in [0.25, 0.3) is 0 Å². The van der Waals surface area contributed by atoms with Gasteiger partial charge in [-0.25, -0.2) is 9.59 Å². The average molecular weight is 493 g/mol. The summed E-state index contributed by atoms with van der Waals surface area (Å²) >= 11 is 0. The minimum atomic E-state index is -0.918. The molecule has 0 heterocycles. The fraction of sp³-hybridized carbons (Fsp3) is 0.286. The highest BCUT2D eigenvalue weighted by molar-refractivity contribution is 7.79. The molecule has 0 bridgehead atoms. The van der Waals surface area contributed by atoms with Crippen LogP contribution in [0.4, 0.5) is 9.59 Å². The molecule has 0 fully saturated rings. The molecule has 0 aliphatic carbocycles. The van der Waals surface area contributed by atoms with Gasteiger partial charge in [-0.3, -0.25) is 0 Å². The van der Waals surface area contributed by atoms with Crippen LogP contribution in [0, 0.1) is 0 Å². The van der Waals surface area contributed by atoms with Crippen LogP contribution < -0.4 is 15.9 Å². The van der Waals surface area contributed by atoms with Crippen molar-refractivity contribution >= 4 is 36.0 Å². The van der Waals surface area contributed by atoms with Gasteiger partial charge in [0.25, 0.3) is 0 Å². The second-order valence-corrected chi connectivity index (χ2v) is 11.7. The van der Waals surface area contributed by atoms with E-state index in [0.717, 1.165) is 0 Å². The van der Waals surface area contributed by atoms with Gasteiger partial charge in [-0.05, 0) is 65.4 Å². The van der Waals surface area contributed by atoms with Crippen LogP contribution in [0.3, 0.4) is 0 Å². The van der Waals surface area contributed by atoms with Gasteiger partial charge in [-0.2, -0.15) is 0 Å². The summed E-state index contributed by atoms with van der Waals surface area (Å²) < 4.78 is 9.62. The molecule has 3 rings (SSSR count). The number of benzene rings is 3. The first-order valence-corrected chi connectivity index (χ1v) is 12.6. The molecule has 2 amide bonds. The van der Waals surface area contributed by atoms with Crippen LogP contribution in [-0.2, 0) is 9.47 Å². The molecule has 0 spiro atoms. The first-order valence-electron chi connectivity index (χ1n) is 11.3. The van der Waals surface area contributed by atoms with Crippen LogP contribution in [0.1, 0.15) is 41.5 Å². The van der Waals surface area contributed by atoms with Crippen LogP contribution in [0.15, 0.2) is 101 Å². The van der Waals surface area contributed by atoms with Crippen molar-refractivity contribution in [3.8, 4) is 0 Å². The predicted molar refractivity (Wildman–Crippen MR) is 142 cm³/mol. The van der Waals surface area contributed by atoms with Gasteiger partial charge in [0.2, 0.25) is 0 Å². The van der Waals surface area contributed by atoms with Gasteiger partial charge in [0.05, 0.1) is 0 Å². The Balaban J connectivity index is 0.000000252. The quantitative estimate of drug-likeness (QED) is 0.299. The molecule has 7 heteroatoms. The Bertz CT molecular complexity index is 967. The highest BCUT2D eigenvalue weighted by Crippen LogP contribution is 2.32. The molecule has 0 aliphatic heterocycles. The number of carbonyl (C=O) groups excluding carboxylic acids is 2. The van der Waals surface area contributed by atoms with Gasteiger partial charge >= 0.3 is 12.2 Å². The maximum absolute atomic E-state index is 11.0. The highest BCUT2D eigenvalue weighted by atomic mass is 31.1. The van der Waals surface area contributed by atoms with Crippen LogP contribution in [0.2, 0.25) is 0 Å². The van der Waals surface area contributed by atoms with E-state index in [1.807, 2.05) is 0 Å². The van der Waals surface area contributed by atoms with E-state index in [0.29, 0.717) is 0 Å². The fourth-order valence-electron chi connectivity index (χ4n) is 2.82. The summed E-state index contributed by atoms with van der Waals surface area (Å²) in [6.07, 6.45) is -1.84. The number of hydrogen-bond donors (Lipinski definition) is 0. The van der Waals surface area contributed by atoms with Gasteiger partial charge in [-0.1, -0.05) is 101 Å². The number of carbonyl (C=O) groups is 2. The Morgan fingerprint density at radius 2 is 0.800 bits per heavy atom. The van der Waals surface area contributed by atoms with E-state index >= 15 is 0 Å². The van der Waals surface area contributed by atoms with Crippen molar-refractivity contribution in [3.63, 3.8) is 0 Å². The Morgan fingerprint density at radius 3 is 1.03 bits per heavy atom. The van der Waals surface area contributed by atoms with E-state index in [4.69, 9.17) is 9.47 Å². The lowest BCUT2D eigenvalue weighted by Crippen LogP contribution is -2.23. The summed E-state index contributed by atoms with van der Waals surface area (Å²) in [5, 5.41) is 10.4. The first kappa shape index (κ1) is 27.9. The minimum Gasteiger partial charge on any atom is -0.441 e. The summed E-state index contributed by atoms with van der Waals surface area (Å²) in [6, 6.07) is 32.3. The largest absolute Gasteiger partial charge is 0.453 e. The molecular weight excluding hydrogens is 459 g/mol. The standard InChI is InChI=1S/C18H15P.C10H18N2O4/c1-4-10-16(11-5-1)19(17-12-6-2-7-13-17)18-14-8-3-9-15-18;1-9(2,3)15-7(13)11-12-8(14)16-10(4,5)6/h1-15H;1-6H3. The fourth-order valence-corrected chi connectivity index (χ4v) is 5.13. The Kier molecular flexibility index (Phi) is 10.3. The Labute approximate surface area is 209 Å². The van der Waals surface area contributed by atoms with Crippen molar-refractivity contribution in [3.05, 3.63) is 91.0 Å². The third-order valence-electron chi connectivity index (χ3n) is 4.04. The van der Waals surface area contributed by atoms with E-state index in [1.54, 1.807) is 41.5 Å². The van der Waals surface area contributed by atoms with Crippen LogP contribution in [-0.4, -0.2) is 23.4 Å². The zero-order valence-electron chi connectivity index (χ0n) is 21.1. The molecule has 3 aromatic carbocycles. The molecule has 184 valence electrons. The molecule has 0 saturated heterocycles. The van der Waals surface area contributed by atoms with Crippen LogP contribution in [0.5, 0.6) is 0 Å². The third-order valence-corrected chi connectivity index (χ3v) is 6.49. The molecule has 0 unspecified atom stereocenters. The molecule has 35 heavy (non-hydrogen) atoms. The zero-order chi connectivity index (χ0) is 25.9. The smallest absolute Gasteiger partial charge is 0.441 e. The average Bonchev–Trinajstić information content (AvgIpc) is 2.78. The lowest BCUT2D eigenvalue weighted by molar-refractivity contribution is 0.0516. The molecule has 0 aromatic heterocycles. The van der Waals surface area contributed by atoms with E-state index in [1.165, 1.54) is 15.9 Å². The predicted octanol–water partition coefficient (Wildman–Crippen LogP) is 6.75. The van der Waals surface area contributed by atoms with Crippen molar-refractivity contribution < 1.29 is 19.1 Å². The Hall–Kier alpha value is -3.37. The summed E-state index contributed by atoms with van der Waals surface area (Å²) in [5.41, 5.74) is -1.33. The normalized spacial score (nSPS) is 11.5. The lowest BCUT2D eigenvalue weighted by atomic mass is 10.2. The minimum absolute atomic E-state index is 0.446. The second kappa shape index (κ2) is 12.9. The second-order valence-electron chi connectivity index (χ2n) is 9.50. The van der Waals surface area contributed by atoms with Crippen molar-refractivity contribution in [2.75, 3.05) is 0 Å². The summed E-state index contributed by atoms with van der Waals surface area (Å²) in [7, 11) is -0.446. The molecule has 0 radical (unpaired) electrons. The third kappa shape index (κ3) is 11.1. The van der Waals surface area contributed by atoms with E-state index in [2.05, 4.69) is 101 Å². The molecule has 6 nitrogen and oxygen atoms in total. The summed E-state index contributed by atoms with van der Waals surface area (Å²) in [5.74, 6) is 0. The molecule has 0 N–H and O–H groups in total. The highest BCUT2D eigenvalue weighted by Gasteiger charge is 2.18. The molecule has 0 saturated carbocycles. The van der Waals surface area contributed by atoms with Gasteiger partial charge in [0.1, 0.15) is 11.2 Å². The SMILES string of the molecule is CC(C)(C)OC(=O)N=NC(=O)OC(C)(C)C.c1ccc(P(c2ccccc2)c2ccccc2)cc1. The number of hydrogen-bond acceptors (Lipinski definition) is 4. The maximum atomic E-state index is 11.0. The molecule has 0 aliphatic rings. The van der Waals surface area contributed by atoms with Gasteiger partial charge in [-0.15, -0.1) is 0 Å². The topological polar surface area (TPSA) is 77.3 Å². The van der Waals surface area contributed by atoms with Crippen molar-refractivity contribution in [2.24, 2.45) is 10.2 Å². The number of amides is 2. The van der Waals surface area contributed by atoms with Crippen LogP contribution >= 0.6 is 7.92 Å². The molecule has 3 aromatic rings. The lowest BCUT2D eigenvalue weighted by Gasteiger charge is -2.18. The number of rotatable bonds is 3. The Morgan fingerprint density at radius 1 is 0.543 bits per heavy atom. The molecular formula is C28H33N2O4P. The van der Waals surface area contributed by atoms with Crippen molar-refractivity contribution in [1.82, 2.24) is 0 Å². The summed E-state index contributed by atoms with van der Waals surface area (Å²) in [4.78, 5) is 22.1. The maximum Gasteiger partial charge on any atom is 0.453 e. The van der Waals surface area contributed by atoms with E-state index in [9.17, 15) is 9.59 Å². The zero-order valence-corrected chi connectivity index (χ0v) is 22.0.